The van der Waals surface area contributed by atoms with Crippen molar-refractivity contribution in [1.29, 1.82) is 0 Å². The molecule has 2 atom stereocenters. The first-order chi connectivity index (χ1) is 19.8. The number of alkyl halides is 3. The Morgan fingerprint density at radius 2 is 1.88 bits per heavy atom. The van der Waals surface area contributed by atoms with Gasteiger partial charge in [0.05, 0.1) is 19.3 Å². The Hall–Kier alpha value is -4.78. The molecule has 4 N–H and O–H groups in total. The second-order valence-corrected chi connectivity index (χ2v) is 10.0. The smallest absolute Gasteiger partial charge is 0.424 e. The molecule has 2 amide bonds. The molecule has 0 fully saturated rings. The normalized spacial score (nSPS) is 17.7. The van der Waals surface area contributed by atoms with Crippen LogP contribution in [0.2, 0.25) is 0 Å². The number of rotatable bonds is 7. The number of amides is 2. The van der Waals surface area contributed by atoms with Crippen LogP contribution in [0.15, 0.2) is 60.8 Å². The van der Waals surface area contributed by atoms with Gasteiger partial charge in [0.2, 0.25) is 11.5 Å². The number of nitrogens with zero attached hydrogens (tertiary/aromatic N) is 2. The number of pyridine rings is 2. The summed E-state index contributed by atoms with van der Waals surface area (Å²) < 4.78 is 68.4. The Labute approximate surface area is 236 Å². The summed E-state index contributed by atoms with van der Waals surface area (Å²) >= 11 is 0. The monoisotopic (exact) mass is 584 g/mol. The lowest BCUT2D eigenvalue weighted by Crippen LogP contribution is -2.51. The third-order valence-electron chi connectivity index (χ3n) is 7.28. The maximum absolute atomic E-state index is 14.6. The van der Waals surface area contributed by atoms with Crippen LogP contribution in [0, 0.1) is 5.82 Å². The molecule has 0 saturated heterocycles. The molecule has 0 bridgehead atoms. The quantitative estimate of drug-likeness (QED) is 0.282. The van der Waals surface area contributed by atoms with Crippen LogP contribution in [0.1, 0.15) is 28.5 Å². The molecule has 0 saturated carbocycles. The molecule has 13 heteroatoms. The SMILES string of the molecule is COc1cc(C(=O)NC[C@](O)(c2cc3c(c(-c4ccc(F)cc4)n2)OC[C@]3(C)C(N)=O)C(F)(F)F)cc2cccnc12. The zero-order valence-electron chi connectivity index (χ0n) is 22.3. The van der Waals surface area contributed by atoms with Crippen molar-refractivity contribution in [2.75, 3.05) is 20.3 Å². The molecule has 0 spiro atoms. The fourth-order valence-electron chi connectivity index (χ4n) is 4.69. The second-order valence-electron chi connectivity index (χ2n) is 10.0. The number of carbonyl (C=O) groups is 2. The number of methoxy groups -OCH3 is 1. The first-order valence-electron chi connectivity index (χ1n) is 12.5. The molecule has 2 aromatic heterocycles. The molecule has 218 valence electrons. The van der Waals surface area contributed by atoms with E-state index in [4.69, 9.17) is 15.2 Å². The van der Waals surface area contributed by atoms with E-state index in [0.29, 0.717) is 10.9 Å². The van der Waals surface area contributed by atoms with E-state index in [9.17, 15) is 32.3 Å². The van der Waals surface area contributed by atoms with Crippen molar-refractivity contribution in [1.82, 2.24) is 15.3 Å². The summed E-state index contributed by atoms with van der Waals surface area (Å²) in [6.07, 6.45) is -3.83. The van der Waals surface area contributed by atoms with Gasteiger partial charge in [-0.05, 0) is 55.5 Å². The standard InChI is InChI=1S/C29H24F4N4O5/c1-27(26(34)39)14-42-24-19(27)12-21(37-23(24)15-5-7-18(30)8-6-15)28(40,29(31,32)33)13-36-25(38)17-10-16-4-3-9-35-22(16)20(11-17)41-2/h3-12,40H,13-14H2,1-2H3,(H2,34,39)(H,36,38)/t27-,28-/m0/s1. The van der Waals surface area contributed by atoms with Crippen LogP contribution in [0.5, 0.6) is 11.5 Å². The molecule has 1 aliphatic heterocycles. The number of carbonyl (C=O) groups excluding carboxylic acids is 2. The molecule has 5 rings (SSSR count). The van der Waals surface area contributed by atoms with Crippen molar-refractivity contribution in [3.05, 3.63) is 83.4 Å². The summed E-state index contributed by atoms with van der Waals surface area (Å²) in [7, 11) is 1.36. The fourth-order valence-corrected chi connectivity index (χ4v) is 4.69. The number of hydrogen-bond acceptors (Lipinski definition) is 7. The van der Waals surface area contributed by atoms with E-state index in [1.54, 1.807) is 12.1 Å². The van der Waals surface area contributed by atoms with Gasteiger partial charge in [-0.25, -0.2) is 9.37 Å². The number of hydrogen-bond donors (Lipinski definition) is 3. The zero-order chi connectivity index (χ0) is 30.4. The van der Waals surface area contributed by atoms with Gasteiger partial charge in [0.25, 0.3) is 5.91 Å². The molecule has 4 aromatic rings. The van der Waals surface area contributed by atoms with Crippen molar-refractivity contribution >= 4 is 22.7 Å². The summed E-state index contributed by atoms with van der Waals surface area (Å²) in [4.78, 5) is 33.7. The van der Waals surface area contributed by atoms with Gasteiger partial charge in [0, 0.05) is 28.3 Å². The van der Waals surface area contributed by atoms with Crippen molar-refractivity contribution in [2.45, 2.75) is 24.1 Å². The number of nitrogens with one attached hydrogen (secondary N) is 1. The first kappa shape index (κ1) is 28.7. The van der Waals surface area contributed by atoms with Crippen LogP contribution in [0.3, 0.4) is 0 Å². The number of ether oxygens (including phenoxy) is 2. The average Bonchev–Trinajstić information content (AvgIpc) is 3.32. The van der Waals surface area contributed by atoms with Gasteiger partial charge in [-0.1, -0.05) is 6.07 Å². The topological polar surface area (TPSA) is 137 Å². The summed E-state index contributed by atoms with van der Waals surface area (Å²) in [6.45, 7) is -0.252. The number of halogens is 4. The number of benzene rings is 2. The van der Waals surface area contributed by atoms with Crippen LogP contribution in [0.25, 0.3) is 22.2 Å². The third kappa shape index (κ3) is 4.75. The van der Waals surface area contributed by atoms with E-state index in [2.05, 4.69) is 15.3 Å². The first-order valence-corrected chi connectivity index (χ1v) is 12.5. The van der Waals surface area contributed by atoms with Crippen LogP contribution < -0.4 is 20.5 Å². The van der Waals surface area contributed by atoms with Crippen LogP contribution in [0.4, 0.5) is 17.6 Å². The summed E-state index contributed by atoms with van der Waals surface area (Å²) in [6, 6.07) is 11.6. The summed E-state index contributed by atoms with van der Waals surface area (Å²) in [5, 5.41) is 13.8. The van der Waals surface area contributed by atoms with Gasteiger partial charge in [-0.15, -0.1) is 0 Å². The Balaban J connectivity index is 1.59. The highest BCUT2D eigenvalue weighted by Crippen LogP contribution is 2.47. The number of fused-ring (bicyclic) bond motifs is 2. The molecule has 2 aromatic carbocycles. The minimum Gasteiger partial charge on any atom is -0.494 e. The fraction of sp³-hybridized carbons (Fsp3) is 0.241. The number of aliphatic hydroxyl groups is 1. The number of primary amides is 1. The number of nitrogens with two attached hydrogens (primary N) is 1. The Morgan fingerprint density at radius 3 is 2.52 bits per heavy atom. The van der Waals surface area contributed by atoms with Crippen molar-refractivity contribution in [2.24, 2.45) is 5.73 Å². The van der Waals surface area contributed by atoms with E-state index < -0.39 is 47.1 Å². The van der Waals surface area contributed by atoms with Crippen molar-refractivity contribution < 1.29 is 41.7 Å². The summed E-state index contributed by atoms with van der Waals surface area (Å²) in [5.74, 6) is -2.24. The lowest BCUT2D eigenvalue weighted by Gasteiger charge is -2.31. The van der Waals surface area contributed by atoms with Crippen molar-refractivity contribution in [3.63, 3.8) is 0 Å². The largest absolute Gasteiger partial charge is 0.494 e. The molecule has 0 aliphatic carbocycles. The van der Waals surface area contributed by atoms with E-state index in [-0.39, 0.29) is 40.5 Å². The molecule has 9 nitrogen and oxygen atoms in total. The van der Waals surface area contributed by atoms with Gasteiger partial charge in [0.1, 0.15) is 40.5 Å². The average molecular weight is 585 g/mol. The molecular formula is C29H24F4N4O5. The Morgan fingerprint density at radius 1 is 1.17 bits per heavy atom. The van der Waals surface area contributed by atoms with Gasteiger partial charge in [-0.2, -0.15) is 13.2 Å². The van der Waals surface area contributed by atoms with E-state index in [0.717, 1.165) is 18.2 Å². The molecular weight excluding hydrogens is 560 g/mol. The van der Waals surface area contributed by atoms with Crippen LogP contribution >= 0.6 is 0 Å². The maximum Gasteiger partial charge on any atom is 0.424 e. The highest BCUT2D eigenvalue weighted by atomic mass is 19.4. The van der Waals surface area contributed by atoms with E-state index in [1.807, 2.05) is 0 Å². The molecule has 1 aliphatic rings. The zero-order valence-corrected chi connectivity index (χ0v) is 22.3. The molecule has 0 radical (unpaired) electrons. The second kappa shape index (κ2) is 10.2. The third-order valence-corrected chi connectivity index (χ3v) is 7.28. The Kier molecular flexibility index (Phi) is 7.01. The van der Waals surface area contributed by atoms with Crippen LogP contribution in [-0.4, -0.2) is 53.3 Å². The number of aromatic nitrogens is 2. The highest BCUT2D eigenvalue weighted by molar-refractivity contribution is 6.00. The van der Waals surface area contributed by atoms with Gasteiger partial charge in [-0.3, -0.25) is 14.6 Å². The van der Waals surface area contributed by atoms with Gasteiger partial charge >= 0.3 is 6.18 Å². The predicted octanol–water partition coefficient (Wildman–Crippen LogP) is 3.76. The van der Waals surface area contributed by atoms with Gasteiger partial charge in [0.15, 0.2) is 0 Å². The maximum atomic E-state index is 14.6. The van der Waals surface area contributed by atoms with Crippen molar-refractivity contribution in [3.8, 4) is 22.8 Å². The highest BCUT2D eigenvalue weighted by Gasteiger charge is 2.57. The van der Waals surface area contributed by atoms with E-state index >= 15 is 0 Å². The van der Waals surface area contributed by atoms with E-state index in [1.165, 1.54) is 44.5 Å². The van der Waals surface area contributed by atoms with Crippen LogP contribution in [-0.2, 0) is 15.8 Å². The minimum atomic E-state index is -5.35. The lowest BCUT2D eigenvalue weighted by atomic mass is 9.81. The summed E-state index contributed by atoms with van der Waals surface area (Å²) in [5.41, 5.74) is -0.283. The molecule has 3 heterocycles. The Bertz CT molecular complexity index is 1710. The predicted molar refractivity (Wildman–Crippen MR) is 142 cm³/mol. The lowest BCUT2D eigenvalue weighted by molar-refractivity contribution is -0.265. The molecule has 0 unspecified atom stereocenters. The molecule has 42 heavy (non-hydrogen) atoms. The van der Waals surface area contributed by atoms with Gasteiger partial charge < -0.3 is 25.6 Å². The minimum absolute atomic E-state index is 0.0305.